The van der Waals surface area contributed by atoms with E-state index in [1.54, 1.807) is 28.8 Å². The van der Waals surface area contributed by atoms with Gasteiger partial charge in [-0.3, -0.25) is 9.78 Å². The molecule has 11 heteroatoms. The number of aryl methyl sites for hydroxylation is 1. The van der Waals surface area contributed by atoms with E-state index in [-0.39, 0.29) is 23.9 Å². The van der Waals surface area contributed by atoms with Crippen LogP contribution < -0.4 is 15.2 Å². The molecular weight excluding hydrogens is 484 g/mol. The minimum Gasteiger partial charge on any atom is -0.459 e. The summed E-state index contributed by atoms with van der Waals surface area (Å²) in [6.07, 6.45) is -2.68. The van der Waals surface area contributed by atoms with E-state index < -0.39 is 12.0 Å². The van der Waals surface area contributed by atoms with Gasteiger partial charge in [-0.05, 0) is 44.2 Å². The van der Waals surface area contributed by atoms with E-state index in [9.17, 15) is 13.6 Å². The fourth-order valence-electron chi connectivity index (χ4n) is 3.79. The molecular formula is C26H21F2N5O4. The molecule has 0 aliphatic rings. The van der Waals surface area contributed by atoms with Gasteiger partial charge < -0.3 is 19.7 Å². The number of nitrogens with two attached hydrogens (primary N) is 1. The Balaban J connectivity index is 1.52. The molecule has 0 unspecified atom stereocenters. The van der Waals surface area contributed by atoms with Crippen molar-refractivity contribution < 1.29 is 27.6 Å². The van der Waals surface area contributed by atoms with Crippen molar-refractivity contribution in [3.8, 4) is 28.9 Å². The molecule has 0 aliphatic carbocycles. The highest BCUT2D eigenvalue weighted by atomic mass is 19.3. The third-order valence-corrected chi connectivity index (χ3v) is 5.78. The van der Waals surface area contributed by atoms with Crippen LogP contribution in [0.15, 0.2) is 71.4 Å². The number of hydrogen-bond donors (Lipinski definition) is 1. The van der Waals surface area contributed by atoms with Gasteiger partial charge in [-0.1, -0.05) is 35.5 Å². The number of aromatic nitrogens is 4. The first kappa shape index (κ1) is 23.9. The predicted octanol–water partition coefficient (Wildman–Crippen LogP) is 4.73. The van der Waals surface area contributed by atoms with Crippen LogP contribution in [0.1, 0.15) is 16.8 Å². The summed E-state index contributed by atoms with van der Waals surface area (Å²) in [5, 5.41) is 4.05. The first-order chi connectivity index (χ1) is 17.8. The van der Waals surface area contributed by atoms with Crippen molar-refractivity contribution in [2.75, 3.05) is 0 Å². The van der Waals surface area contributed by atoms with E-state index in [4.69, 9.17) is 15.0 Å². The molecule has 5 aromatic rings. The molecule has 2 N–H and O–H groups in total. The van der Waals surface area contributed by atoms with Crippen LogP contribution in [-0.4, -0.2) is 31.7 Å². The topological polar surface area (TPSA) is 118 Å². The van der Waals surface area contributed by atoms with E-state index in [0.29, 0.717) is 22.7 Å². The van der Waals surface area contributed by atoms with E-state index >= 15 is 0 Å². The van der Waals surface area contributed by atoms with Gasteiger partial charge >= 0.3 is 18.0 Å². The zero-order valence-corrected chi connectivity index (χ0v) is 19.8. The van der Waals surface area contributed by atoms with Gasteiger partial charge in [0.15, 0.2) is 0 Å². The smallest absolute Gasteiger partial charge is 0.459 e. The van der Waals surface area contributed by atoms with E-state index in [1.165, 1.54) is 18.3 Å². The second kappa shape index (κ2) is 9.34. The molecule has 1 amide bonds. The van der Waals surface area contributed by atoms with Crippen LogP contribution in [0.25, 0.3) is 28.2 Å². The third-order valence-electron chi connectivity index (χ3n) is 5.78. The first-order valence-corrected chi connectivity index (χ1v) is 11.2. The molecule has 0 spiro atoms. The van der Waals surface area contributed by atoms with Crippen LogP contribution in [0.3, 0.4) is 0 Å². The van der Waals surface area contributed by atoms with Crippen LogP contribution in [0.2, 0.25) is 0 Å². The summed E-state index contributed by atoms with van der Waals surface area (Å²) in [6.45, 7) is 3.71. The van der Waals surface area contributed by atoms with Gasteiger partial charge in [0.05, 0.1) is 22.4 Å². The number of primary amides is 1. The Labute approximate surface area is 209 Å². The van der Waals surface area contributed by atoms with Gasteiger partial charge in [-0.2, -0.15) is 13.8 Å². The second-order valence-electron chi connectivity index (χ2n) is 8.20. The molecule has 0 atom stereocenters. The number of nitrogens with zero attached hydrogens (tertiary/aromatic N) is 4. The first-order valence-electron chi connectivity index (χ1n) is 11.2. The highest BCUT2D eigenvalue weighted by Crippen LogP contribution is 2.35. The number of carbonyl (C=O) groups is 1. The fourth-order valence-corrected chi connectivity index (χ4v) is 3.79. The van der Waals surface area contributed by atoms with Crippen LogP contribution in [0.5, 0.6) is 11.8 Å². The zero-order valence-electron chi connectivity index (χ0n) is 19.8. The van der Waals surface area contributed by atoms with Gasteiger partial charge in [0, 0.05) is 22.9 Å². The van der Waals surface area contributed by atoms with Crippen LogP contribution in [-0.2, 0) is 11.4 Å². The molecule has 5 rings (SSSR count). The Hall–Kier alpha value is -4.80. The Bertz CT molecular complexity index is 1610. The monoisotopic (exact) mass is 505 g/mol. The molecule has 0 aliphatic heterocycles. The van der Waals surface area contributed by atoms with Crippen LogP contribution in [0.4, 0.5) is 8.78 Å². The number of amides is 1. The Morgan fingerprint density at radius 2 is 1.84 bits per heavy atom. The van der Waals surface area contributed by atoms with Gasteiger partial charge in [0.2, 0.25) is 5.88 Å². The number of para-hydroxylation sites is 3. The van der Waals surface area contributed by atoms with E-state index in [1.807, 2.05) is 38.1 Å². The van der Waals surface area contributed by atoms with Crippen molar-refractivity contribution in [1.82, 2.24) is 19.7 Å². The summed E-state index contributed by atoms with van der Waals surface area (Å²) in [7, 11) is 0. The SMILES string of the molecule is Cc1noc(-n2c(OCc3cccnc3-c3ccccc3OC(F)(F)C(N)=O)nc3ccccc32)c1C. The molecule has 3 aromatic heterocycles. The fraction of sp³-hybridized carbons (Fsp3) is 0.154. The summed E-state index contributed by atoms with van der Waals surface area (Å²) in [6, 6.07) is 17.1. The van der Waals surface area contributed by atoms with E-state index in [2.05, 4.69) is 19.9 Å². The second-order valence-corrected chi connectivity index (χ2v) is 8.20. The van der Waals surface area contributed by atoms with Crippen LogP contribution in [0, 0.1) is 13.8 Å². The number of fused-ring (bicyclic) bond motifs is 1. The number of ether oxygens (including phenoxy) is 2. The number of rotatable bonds is 8. The molecule has 188 valence electrons. The lowest BCUT2D eigenvalue weighted by molar-refractivity contribution is -0.189. The Morgan fingerprint density at radius 3 is 2.59 bits per heavy atom. The number of hydrogen-bond acceptors (Lipinski definition) is 7. The standard InChI is InChI=1S/C26H21F2N5O4/c1-15-16(2)32-37-23(15)33-20-11-5-4-10-19(20)31-25(33)35-14-17-8-7-13-30-22(17)18-9-3-6-12-21(18)36-26(27,28)24(29)34/h3-13H,14H2,1-2H3,(H2,29,34). The molecule has 0 radical (unpaired) electrons. The van der Waals surface area contributed by atoms with Crippen molar-refractivity contribution in [1.29, 1.82) is 0 Å². The van der Waals surface area contributed by atoms with Crippen LogP contribution >= 0.6 is 0 Å². The van der Waals surface area contributed by atoms with Crippen molar-refractivity contribution in [2.24, 2.45) is 5.73 Å². The maximum atomic E-state index is 14.0. The largest absolute Gasteiger partial charge is 0.482 e. The molecule has 0 fully saturated rings. The number of halogens is 2. The highest BCUT2D eigenvalue weighted by Gasteiger charge is 2.40. The van der Waals surface area contributed by atoms with Gasteiger partial charge in [0.25, 0.3) is 0 Å². The predicted molar refractivity (Wildman–Crippen MR) is 129 cm³/mol. The quantitative estimate of drug-likeness (QED) is 0.324. The number of alkyl halides is 2. The minimum atomic E-state index is -4.19. The summed E-state index contributed by atoms with van der Waals surface area (Å²) >= 11 is 0. The lowest BCUT2D eigenvalue weighted by Crippen LogP contribution is -2.40. The number of carbonyl (C=O) groups excluding carboxylic acids is 1. The number of benzene rings is 2. The molecule has 37 heavy (non-hydrogen) atoms. The Morgan fingerprint density at radius 1 is 1.08 bits per heavy atom. The normalized spacial score (nSPS) is 11.6. The highest BCUT2D eigenvalue weighted by molar-refractivity contribution is 5.81. The van der Waals surface area contributed by atoms with Gasteiger partial charge in [-0.15, -0.1) is 0 Å². The average Bonchev–Trinajstić information content (AvgIpc) is 3.41. The summed E-state index contributed by atoms with van der Waals surface area (Å²) in [5.74, 6) is -1.69. The third kappa shape index (κ3) is 4.46. The number of imidazole rings is 1. The molecule has 0 saturated carbocycles. The molecule has 9 nitrogen and oxygen atoms in total. The lowest BCUT2D eigenvalue weighted by Gasteiger charge is -2.18. The average molecular weight is 505 g/mol. The van der Waals surface area contributed by atoms with Crippen molar-refractivity contribution in [2.45, 2.75) is 26.6 Å². The molecule has 0 saturated heterocycles. The molecule has 2 aromatic carbocycles. The van der Waals surface area contributed by atoms with Gasteiger partial charge in [-0.25, -0.2) is 4.57 Å². The molecule has 0 bridgehead atoms. The lowest BCUT2D eigenvalue weighted by atomic mass is 10.1. The van der Waals surface area contributed by atoms with Crippen molar-refractivity contribution in [3.63, 3.8) is 0 Å². The summed E-state index contributed by atoms with van der Waals surface area (Å²) in [5.41, 5.74) is 8.91. The Kier molecular flexibility index (Phi) is 6.04. The summed E-state index contributed by atoms with van der Waals surface area (Å²) in [4.78, 5) is 20.1. The van der Waals surface area contributed by atoms with E-state index in [0.717, 1.165) is 16.8 Å². The minimum absolute atomic E-state index is 0.0147. The maximum Gasteiger partial charge on any atom is 0.482 e. The maximum absolute atomic E-state index is 14.0. The van der Waals surface area contributed by atoms with Gasteiger partial charge in [0.1, 0.15) is 12.4 Å². The molecule has 3 heterocycles. The zero-order chi connectivity index (χ0) is 26.2. The number of pyridine rings is 1. The van der Waals surface area contributed by atoms with Crippen molar-refractivity contribution in [3.05, 3.63) is 83.7 Å². The summed E-state index contributed by atoms with van der Waals surface area (Å²) < 4.78 is 46.0. The van der Waals surface area contributed by atoms with Crippen molar-refractivity contribution >= 4 is 16.9 Å².